The number of imidazole rings is 1. The summed E-state index contributed by atoms with van der Waals surface area (Å²) in [5.41, 5.74) is 3.70. The van der Waals surface area contributed by atoms with Crippen LogP contribution in [0.15, 0.2) is 48.5 Å². The molecule has 5 nitrogen and oxygen atoms in total. The Morgan fingerprint density at radius 2 is 1.86 bits per heavy atom. The highest BCUT2D eigenvalue weighted by Crippen LogP contribution is 2.27. The zero-order valence-corrected chi connectivity index (χ0v) is 16.0. The number of aromatic nitrogens is 2. The lowest BCUT2D eigenvalue weighted by Gasteiger charge is -2.09. The first-order valence-corrected chi connectivity index (χ1v) is 9.78. The van der Waals surface area contributed by atoms with Crippen molar-refractivity contribution >= 4 is 5.91 Å². The van der Waals surface area contributed by atoms with Crippen molar-refractivity contribution in [2.24, 2.45) is 0 Å². The Hall–Kier alpha value is -3.46. The Kier molecular flexibility index (Phi) is 5.39. The van der Waals surface area contributed by atoms with Crippen LogP contribution in [0.4, 0.5) is 4.39 Å². The van der Waals surface area contributed by atoms with Gasteiger partial charge in [-0.2, -0.15) is 5.26 Å². The average Bonchev–Trinajstić information content (AvgIpc) is 2.94. The quantitative estimate of drug-likeness (QED) is 0.728. The Morgan fingerprint density at radius 1 is 1.10 bits per heavy atom. The number of fused-ring (bicyclic) bond motifs is 1. The third kappa shape index (κ3) is 4.04. The van der Waals surface area contributed by atoms with E-state index in [9.17, 15) is 9.18 Å². The second-order valence-electron chi connectivity index (χ2n) is 7.19. The van der Waals surface area contributed by atoms with E-state index in [2.05, 4.69) is 20.9 Å². The topological polar surface area (TPSA) is 70.7 Å². The summed E-state index contributed by atoms with van der Waals surface area (Å²) in [5.74, 6) is 0.204. The van der Waals surface area contributed by atoms with Crippen LogP contribution in [0.5, 0.6) is 0 Å². The molecule has 1 aromatic heterocycles. The molecule has 0 saturated carbocycles. The zero-order chi connectivity index (χ0) is 20.2. The van der Waals surface area contributed by atoms with Gasteiger partial charge in [-0.05, 0) is 61.2 Å². The molecule has 2 heterocycles. The van der Waals surface area contributed by atoms with Gasteiger partial charge in [-0.25, -0.2) is 9.37 Å². The van der Waals surface area contributed by atoms with E-state index in [1.165, 1.54) is 12.1 Å². The molecular formula is C23H21FN4O. The first-order valence-electron chi connectivity index (χ1n) is 9.78. The molecule has 0 aliphatic carbocycles. The van der Waals surface area contributed by atoms with Crippen molar-refractivity contribution in [3.63, 3.8) is 0 Å². The molecule has 3 aromatic rings. The summed E-state index contributed by atoms with van der Waals surface area (Å²) in [6.45, 7) is 1.17. The number of amides is 1. The second-order valence-corrected chi connectivity index (χ2v) is 7.19. The van der Waals surface area contributed by atoms with Gasteiger partial charge in [0.25, 0.3) is 5.91 Å². The van der Waals surface area contributed by atoms with E-state index in [0.717, 1.165) is 49.0 Å². The minimum absolute atomic E-state index is 0.214. The van der Waals surface area contributed by atoms with E-state index in [1.807, 2.05) is 12.1 Å². The van der Waals surface area contributed by atoms with Gasteiger partial charge in [0, 0.05) is 18.7 Å². The fourth-order valence-corrected chi connectivity index (χ4v) is 3.68. The molecule has 29 heavy (non-hydrogen) atoms. The number of rotatable bonds is 4. The molecule has 1 amide bonds. The number of carbonyl (C=O) groups is 1. The largest absolute Gasteiger partial charge is 0.347 e. The molecule has 0 atom stereocenters. The lowest BCUT2D eigenvalue weighted by Crippen LogP contribution is -2.24. The lowest BCUT2D eigenvalue weighted by molar-refractivity contribution is 0.0945. The number of hydrogen-bond donors (Lipinski definition) is 1. The van der Waals surface area contributed by atoms with Crippen LogP contribution in [-0.2, 0) is 19.5 Å². The van der Waals surface area contributed by atoms with Gasteiger partial charge in [0.2, 0.25) is 0 Å². The molecule has 0 bridgehead atoms. The van der Waals surface area contributed by atoms with Gasteiger partial charge in [0.15, 0.2) is 0 Å². The lowest BCUT2D eigenvalue weighted by atomic mass is 10.1. The van der Waals surface area contributed by atoms with Crippen LogP contribution in [0.3, 0.4) is 0 Å². The fraction of sp³-hybridized carbons (Fsp3) is 0.261. The average molecular weight is 388 g/mol. The van der Waals surface area contributed by atoms with Crippen molar-refractivity contribution in [1.29, 1.82) is 5.26 Å². The molecule has 2 aromatic carbocycles. The SMILES string of the molecule is N#Cc1ccc(CNC(=O)c2nc(-c3ccc(F)cc3)n3c2CCCCC3)cc1. The Morgan fingerprint density at radius 3 is 2.59 bits per heavy atom. The van der Waals surface area contributed by atoms with Gasteiger partial charge in [0.05, 0.1) is 17.3 Å². The van der Waals surface area contributed by atoms with Crippen LogP contribution in [-0.4, -0.2) is 15.5 Å². The highest BCUT2D eigenvalue weighted by molar-refractivity contribution is 5.94. The second kappa shape index (κ2) is 8.27. The van der Waals surface area contributed by atoms with Crippen molar-refractivity contribution in [3.8, 4) is 17.5 Å². The Labute approximate surface area is 168 Å². The van der Waals surface area contributed by atoms with Crippen molar-refractivity contribution < 1.29 is 9.18 Å². The molecule has 1 aliphatic rings. The number of nitrogens with zero attached hydrogens (tertiary/aromatic N) is 3. The van der Waals surface area contributed by atoms with E-state index < -0.39 is 0 Å². The summed E-state index contributed by atoms with van der Waals surface area (Å²) in [7, 11) is 0. The molecule has 0 unspecified atom stereocenters. The number of benzene rings is 2. The Balaban J connectivity index is 1.61. The summed E-state index contributed by atoms with van der Waals surface area (Å²) in [6.07, 6.45) is 3.96. The number of hydrogen-bond acceptors (Lipinski definition) is 3. The molecule has 0 saturated heterocycles. The van der Waals surface area contributed by atoms with E-state index >= 15 is 0 Å². The van der Waals surface area contributed by atoms with Gasteiger partial charge < -0.3 is 9.88 Å². The molecule has 146 valence electrons. The van der Waals surface area contributed by atoms with Crippen LogP contribution in [0.25, 0.3) is 11.4 Å². The number of carbonyl (C=O) groups excluding carboxylic acids is 1. The van der Waals surface area contributed by atoms with Crippen LogP contribution in [0.1, 0.15) is 46.6 Å². The summed E-state index contributed by atoms with van der Waals surface area (Å²) in [5, 5.41) is 11.8. The minimum atomic E-state index is -0.295. The first kappa shape index (κ1) is 18.9. The maximum atomic E-state index is 13.3. The van der Waals surface area contributed by atoms with Gasteiger partial charge in [0.1, 0.15) is 17.3 Å². The van der Waals surface area contributed by atoms with Crippen molar-refractivity contribution in [3.05, 3.63) is 76.9 Å². The van der Waals surface area contributed by atoms with Crippen LogP contribution in [0, 0.1) is 17.1 Å². The highest BCUT2D eigenvalue weighted by atomic mass is 19.1. The summed E-state index contributed by atoms with van der Waals surface area (Å²) in [4.78, 5) is 17.6. The van der Waals surface area contributed by atoms with Crippen LogP contribution in [0.2, 0.25) is 0 Å². The number of halogens is 1. The van der Waals surface area contributed by atoms with E-state index in [-0.39, 0.29) is 11.7 Å². The number of nitrogens with one attached hydrogen (secondary N) is 1. The standard InChI is InChI=1S/C23H21FN4O/c24-19-11-9-18(10-12-19)22-27-21(20-4-2-1-3-13-28(20)22)23(29)26-15-17-7-5-16(14-25)6-8-17/h5-12H,1-4,13,15H2,(H,26,29). The third-order valence-electron chi connectivity index (χ3n) is 5.22. The molecule has 0 spiro atoms. The van der Waals surface area contributed by atoms with Gasteiger partial charge in [-0.15, -0.1) is 0 Å². The monoisotopic (exact) mass is 388 g/mol. The van der Waals surface area contributed by atoms with E-state index in [4.69, 9.17) is 5.26 Å². The summed E-state index contributed by atoms with van der Waals surface area (Å²) in [6, 6.07) is 15.4. The first-order chi connectivity index (χ1) is 14.2. The van der Waals surface area contributed by atoms with Crippen LogP contribution >= 0.6 is 0 Å². The molecule has 1 aliphatic heterocycles. The van der Waals surface area contributed by atoms with Crippen molar-refractivity contribution in [2.45, 2.75) is 38.8 Å². The molecular weight excluding hydrogens is 367 g/mol. The minimum Gasteiger partial charge on any atom is -0.347 e. The summed E-state index contributed by atoms with van der Waals surface area (Å²) < 4.78 is 15.4. The smallest absolute Gasteiger partial charge is 0.272 e. The molecule has 0 fully saturated rings. The van der Waals surface area contributed by atoms with E-state index in [0.29, 0.717) is 23.6 Å². The maximum Gasteiger partial charge on any atom is 0.272 e. The molecule has 4 rings (SSSR count). The molecule has 1 N–H and O–H groups in total. The van der Waals surface area contributed by atoms with E-state index in [1.54, 1.807) is 24.3 Å². The predicted octanol–water partition coefficient (Wildman–Crippen LogP) is 4.22. The normalized spacial score (nSPS) is 13.2. The Bertz CT molecular complexity index is 1060. The highest BCUT2D eigenvalue weighted by Gasteiger charge is 2.24. The predicted molar refractivity (Wildman–Crippen MR) is 108 cm³/mol. The van der Waals surface area contributed by atoms with Crippen LogP contribution < -0.4 is 5.32 Å². The third-order valence-corrected chi connectivity index (χ3v) is 5.22. The summed E-state index contributed by atoms with van der Waals surface area (Å²) >= 11 is 0. The molecule has 6 heteroatoms. The fourth-order valence-electron chi connectivity index (χ4n) is 3.68. The van der Waals surface area contributed by atoms with Gasteiger partial charge in [-0.1, -0.05) is 18.6 Å². The van der Waals surface area contributed by atoms with Gasteiger partial charge in [-0.3, -0.25) is 4.79 Å². The maximum absolute atomic E-state index is 13.3. The van der Waals surface area contributed by atoms with Crippen molar-refractivity contribution in [1.82, 2.24) is 14.9 Å². The number of nitriles is 1. The molecule has 0 radical (unpaired) electrons. The van der Waals surface area contributed by atoms with Gasteiger partial charge >= 0.3 is 0 Å². The van der Waals surface area contributed by atoms with Crippen molar-refractivity contribution in [2.75, 3.05) is 0 Å². The zero-order valence-electron chi connectivity index (χ0n) is 16.0.